The lowest BCUT2D eigenvalue weighted by Crippen LogP contribution is -2.00. The molecular formula is C61H58N2. The predicted octanol–water partition coefficient (Wildman–Crippen LogP) is 16.2. The molecule has 2 aromatic heterocycles. The highest BCUT2D eigenvalue weighted by Gasteiger charge is 2.18. The molecule has 0 unspecified atom stereocenters. The molecule has 0 saturated heterocycles. The summed E-state index contributed by atoms with van der Waals surface area (Å²) in [5.74, 6) is 0. The Hall–Kier alpha value is -6.64. The van der Waals surface area contributed by atoms with Gasteiger partial charge >= 0.3 is 0 Å². The molecule has 63 heavy (non-hydrogen) atoms. The van der Waals surface area contributed by atoms with E-state index in [-0.39, 0.29) is 0 Å². The molecule has 0 aliphatic carbocycles. The summed E-state index contributed by atoms with van der Waals surface area (Å²) in [5.41, 5.74) is 22.1. The summed E-state index contributed by atoms with van der Waals surface area (Å²) < 4.78 is 4.99. The van der Waals surface area contributed by atoms with Gasteiger partial charge in [-0.25, -0.2) is 0 Å². The van der Waals surface area contributed by atoms with Crippen molar-refractivity contribution in [2.24, 2.45) is 0 Å². The SMILES string of the molecule is Cc1ccc(CCCCc2ccc3c(c2)c2cc(C)ccc2n3-c2cc(C)cc(-n3c4ccc(C)cc4c4cc(CCCCc5ccc(-c6ccc(C)cc6)cc5)ccc43)c2)cc1. The first-order valence-corrected chi connectivity index (χ1v) is 23.2. The number of nitrogens with zero attached hydrogens (tertiary/aromatic N) is 2. The molecule has 0 radical (unpaired) electrons. The zero-order valence-corrected chi connectivity index (χ0v) is 37.6. The van der Waals surface area contributed by atoms with Crippen molar-refractivity contribution in [1.82, 2.24) is 9.13 Å². The van der Waals surface area contributed by atoms with Crippen molar-refractivity contribution in [3.05, 3.63) is 214 Å². The van der Waals surface area contributed by atoms with E-state index in [1.54, 1.807) is 0 Å². The van der Waals surface area contributed by atoms with E-state index in [1.165, 1.54) is 135 Å². The summed E-state index contributed by atoms with van der Waals surface area (Å²) >= 11 is 0. The summed E-state index contributed by atoms with van der Waals surface area (Å²) in [4.78, 5) is 0. The van der Waals surface area contributed by atoms with Crippen LogP contribution in [0, 0.1) is 34.6 Å². The number of hydrogen-bond acceptors (Lipinski definition) is 0. The fourth-order valence-electron chi connectivity index (χ4n) is 9.92. The molecule has 312 valence electrons. The zero-order chi connectivity index (χ0) is 43.0. The molecule has 0 aliphatic heterocycles. The Morgan fingerprint density at radius 3 is 1.03 bits per heavy atom. The molecule has 0 bridgehead atoms. The van der Waals surface area contributed by atoms with Gasteiger partial charge in [0, 0.05) is 32.9 Å². The van der Waals surface area contributed by atoms with Crippen molar-refractivity contribution in [3.63, 3.8) is 0 Å². The smallest absolute Gasteiger partial charge is 0.0541 e. The van der Waals surface area contributed by atoms with E-state index in [9.17, 15) is 0 Å². The predicted molar refractivity (Wildman–Crippen MR) is 270 cm³/mol. The molecule has 8 aromatic carbocycles. The van der Waals surface area contributed by atoms with Crippen molar-refractivity contribution in [3.8, 4) is 22.5 Å². The highest BCUT2D eigenvalue weighted by molar-refractivity contribution is 6.11. The molecule has 2 nitrogen and oxygen atoms in total. The maximum atomic E-state index is 2.50. The molecule has 0 atom stereocenters. The van der Waals surface area contributed by atoms with E-state index in [0.29, 0.717) is 0 Å². The van der Waals surface area contributed by atoms with Gasteiger partial charge in [-0.05, 0) is 192 Å². The van der Waals surface area contributed by atoms with Gasteiger partial charge in [0.25, 0.3) is 0 Å². The van der Waals surface area contributed by atoms with Crippen molar-refractivity contribution >= 4 is 43.6 Å². The Morgan fingerprint density at radius 1 is 0.270 bits per heavy atom. The monoisotopic (exact) mass is 818 g/mol. The van der Waals surface area contributed by atoms with E-state index in [0.717, 1.165) is 32.1 Å². The van der Waals surface area contributed by atoms with Crippen LogP contribution in [0.25, 0.3) is 66.1 Å². The maximum absolute atomic E-state index is 2.50. The number of aromatic nitrogens is 2. The zero-order valence-electron chi connectivity index (χ0n) is 37.6. The standard InChI is InChI=1S/C61H58N2/c1-41-14-20-46(21-15-41)10-6-8-12-48-24-32-60-56(38-48)54-36-43(3)18-30-58(54)62(60)52-34-45(5)35-53(40-52)63-59-31-19-44(4)37-55(59)57-39-49(25-33-61(57)63)13-9-7-11-47-22-28-51(29-23-47)50-26-16-42(2)17-27-50/h14-40H,6-13H2,1-5H3. The molecule has 2 heterocycles. The van der Waals surface area contributed by atoms with Gasteiger partial charge in [0.05, 0.1) is 22.1 Å². The van der Waals surface area contributed by atoms with Gasteiger partial charge in [-0.1, -0.05) is 119 Å². The molecular weight excluding hydrogens is 761 g/mol. The highest BCUT2D eigenvalue weighted by atomic mass is 15.0. The van der Waals surface area contributed by atoms with Gasteiger partial charge in [-0.3, -0.25) is 0 Å². The van der Waals surface area contributed by atoms with Gasteiger partial charge in [-0.2, -0.15) is 0 Å². The van der Waals surface area contributed by atoms with Crippen LogP contribution in [-0.4, -0.2) is 9.13 Å². The van der Waals surface area contributed by atoms with Gasteiger partial charge in [0.1, 0.15) is 0 Å². The Kier molecular flexibility index (Phi) is 11.1. The third-order valence-corrected chi connectivity index (χ3v) is 13.4. The molecule has 0 fully saturated rings. The molecule has 0 amide bonds. The molecule has 0 spiro atoms. The van der Waals surface area contributed by atoms with E-state index < -0.39 is 0 Å². The molecule has 2 heteroatoms. The van der Waals surface area contributed by atoms with Crippen LogP contribution in [0.4, 0.5) is 0 Å². The molecule has 10 aromatic rings. The lowest BCUT2D eigenvalue weighted by molar-refractivity contribution is 0.735. The average molecular weight is 819 g/mol. The molecule has 0 N–H and O–H groups in total. The van der Waals surface area contributed by atoms with Crippen LogP contribution >= 0.6 is 0 Å². The summed E-state index contributed by atoms with van der Waals surface area (Å²) in [6.07, 6.45) is 9.12. The lowest BCUT2D eigenvalue weighted by Gasteiger charge is -2.15. The summed E-state index contributed by atoms with van der Waals surface area (Å²) in [6.45, 7) is 11.0. The first kappa shape index (κ1) is 40.4. The van der Waals surface area contributed by atoms with Crippen molar-refractivity contribution in [2.75, 3.05) is 0 Å². The first-order chi connectivity index (χ1) is 30.7. The third kappa shape index (κ3) is 8.35. The maximum Gasteiger partial charge on any atom is 0.0541 e. The Bertz CT molecular complexity index is 3250. The normalized spacial score (nSPS) is 11.8. The molecule has 0 saturated carbocycles. The van der Waals surface area contributed by atoms with Crippen LogP contribution in [-0.2, 0) is 25.7 Å². The number of rotatable bonds is 13. The second-order valence-corrected chi connectivity index (χ2v) is 18.4. The Morgan fingerprint density at radius 2 is 0.587 bits per heavy atom. The lowest BCUT2D eigenvalue weighted by atomic mass is 9.99. The number of aryl methyl sites for hydroxylation is 9. The summed E-state index contributed by atoms with van der Waals surface area (Å²) in [7, 11) is 0. The Labute approximate surface area is 373 Å². The number of hydrogen-bond donors (Lipinski definition) is 0. The number of benzene rings is 8. The van der Waals surface area contributed by atoms with E-state index in [4.69, 9.17) is 0 Å². The highest BCUT2D eigenvalue weighted by Crippen LogP contribution is 2.38. The average Bonchev–Trinajstić information content (AvgIpc) is 3.78. The van der Waals surface area contributed by atoms with Crippen molar-refractivity contribution in [1.29, 1.82) is 0 Å². The topological polar surface area (TPSA) is 9.86 Å². The third-order valence-electron chi connectivity index (χ3n) is 13.4. The second kappa shape index (κ2) is 17.3. The van der Waals surface area contributed by atoms with E-state index in [1.807, 2.05) is 0 Å². The van der Waals surface area contributed by atoms with Crippen LogP contribution < -0.4 is 0 Å². The van der Waals surface area contributed by atoms with Gasteiger partial charge < -0.3 is 9.13 Å². The van der Waals surface area contributed by atoms with Crippen LogP contribution in [0.1, 0.15) is 75.8 Å². The number of fused-ring (bicyclic) bond motifs is 6. The van der Waals surface area contributed by atoms with Crippen LogP contribution in [0.15, 0.2) is 164 Å². The van der Waals surface area contributed by atoms with Crippen molar-refractivity contribution in [2.45, 2.75) is 86.0 Å². The minimum absolute atomic E-state index is 1.08. The summed E-state index contributed by atoms with van der Waals surface area (Å²) in [6, 6.07) is 62.5. The van der Waals surface area contributed by atoms with Gasteiger partial charge in [-0.15, -0.1) is 0 Å². The second-order valence-electron chi connectivity index (χ2n) is 18.4. The largest absolute Gasteiger partial charge is 0.309 e. The van der Waals surface area contributed by atoms with E-state index >= 15 is 0 Å². The van der Waals surface area contributed by atoms with E-state index in [2.05, 4.69) is 208 Å². The first-order valence-electron chi connectivity index (χ1n) is 23.2. The van der Waals surface area contributed by atoms with Gasteiger partial charge in [0.2, 0.25) is 0 Å². The van der Waals surface area contributed by atoms with Crippen molar-refractivity contribution < 1.29 is 0 Å². The van der Waals surface area contributed by atoms with Crippen LogP contribution in [0.3, 0.4) is 0 Å². The minimum Gasteiger partial charge on any atom is -0.309 e. The quantitative estimate of drug-likeness (QED) is 0.103. The fraction of sp³-hybridized carbons (Fsp3) is 0.213. The summed E-state index contributed by atoms with van der Waals surface area (Å²) in [5, 5.41) is 5.32. The van der Waals surface area contributed by atoms with Crippen LogP contribution in [0.2, 0.25) is 0 Å². The number of unbranched alkanes of at least 4 members (excludes halogenated alkanes) is 2. The molecule has 10 rings (SSSR count). The minimum atomic E-state index is 1.08. The molecule has 0 aliphatic rings. The van der Waals surface area contributed by atoms with Crippen LogP contribution in [0.5, 0.6) is 0 Å². The van der Waals surface area contributed by atoms with Gasteiger partial charge in [0.15, 0.2) is 0 Å². The Balaban J connectivity index is 0.926. The fourth-order valence-corrected chi connectivity index (χ4v) is 9.92.